The number of rotatable bonds is 10. The number of amides is 1. The van der Waals surface area contributed by atoms with Crippen LogP contribution in [-0.2, 0) is 21.2 Å². The highest BCUT2D eigenvalue weighted by molar-refractivity contribution is 7.89. The van der Waals surface area contributed by atoms with Crippen LogP contribution in [0.25, 0.3) is 0 Å². The fourth-order valence-electron chi connectivity index (χ4n) is 2.85. The summed E-state index contributed by atoms with van der Waals surface area (Å²) in [6.45, 7) is 3.39. The summed E-state index contributed by atoms with van der Waals surface area (Å²) in [5, 5.41) is 2.70. The first-order valence-electron chi connectivity index (χ1n) is 9.54. The molecule has 0 atom stereocenters. The predicted molar refractivity (Wildman–Crippen MR) is 111 cm³/mol. The summed E-state index contributed by atoms with van der Waals surface area (Å²) in [5.41, 5.74) is 1.77. The molecule has 0 saturated heterocycles. The Kier molecular flexibility index (Phi) is 8.16. The van der Waals surface area contributed by atoms with Gasteiger partial charge in [-0.2, -0.15) is 4.31 Å². The third kappa shape index (κ3) is 6.01. The lowest BCUT2D eigenvalue weighted by Gasteiger charge is -2.21. The zero-order valence-corrected chi connectivity index (χ0v) is 17.8. The van der Waals surface area contributed by atoms with E-state index in [1.54, 1.807) is 19.1 Å². The standard InChI is InChI=1S/C21H27FN2O4S/c1-4-6-7-16-8-11-18(12-9-16)23-21(25)15-24(5-2)29(26,27)20-14-17(22)10-13-19(20)28-3/h8-14H,4-7,15H2,1-3H3,(H,23,25). The Hall–Kier alpha value is -2.45. The molecule has 0 spiro atoms. The zero-order valence-electron chi connectivity index (χ0n) is 16.9. The molecule has 1 N–H and O–H groups in total. The maximum absolute atomic E-state index is 13.6. The van der Waals surface area contributed by atoms with Gasteiger partial charge in [-0.1, -0.05) is 32.4 Å². The van der Waals surface area contributed by atoms with Crippen LogP contribution in [-0.4, -0.2) is 38.8 Å². The molecule has 0 radical (unpaired) electrons. The van der Waals surface area contributed by atoms with Crippen molar-refractivity contribution in [2.45, 2.75) is 38.0 Å². The number of methoxy groups -OCH3 is 1. The lowest BCUT2D eigenvalue weighted by Crippen LogP contribution is -2.38. The molecule has 0 aliphatic heterocycles. The fourth-order valence-corrected chi connectivity index (χ4v) is 4.43. The van der Waals surface area contributed by atoms with E-state index in [1.807, 2.05) is 12.1 Å². The van der Waals surface area contributed by atoms with Crippen LogP contribution in [0, 0.1) is 5.82 Å². The van der Waals surface area contributed by atoms with Gasteiger partial charge >= 0.3 is 0 Å². The number of benzene rings is 2. The molecule has 2 aromatic carbocycles. The Morgan fingerprint density at radius 1 is 1.14 bits per heavy atom. The number of hydrogen-bond donors (Lipinski definition) is 1. The molecule has 1 amide bonds. The normalized spacial score (nSPS) is 11.5. The first-order valence-corrected chi connectivity index (χ1v) is 11.0. The number of aryl methyl sites for hydroxylation is 1. The van der Waals surface area contributed by atoms with Crippen molar-refractivity contribution >= 4 is 21.6 Å². The van der Waals surface area contributed by atoms with Gasteiger partial charge in [0.15, 0.2) is 0 Å². The van der Waals surface area contributed by atoms with Crippen molar-refractivity contribution in [3.8, 4) is 5.75 Å². The van der Waals surface area contributed by atoms with Crippen molar-refractivity contribution in [3.05, 3.63) is 53.8 Å². The van der Waals surface area contributed by atoms with Crippen LogP contribution in [0.1, 0.15) is 32.3 Å². The highest BCUT2D eigenvalue weighted by Gasteiger charge is 2.29. The molecule has 29 heavy (non-hydrogen) atoms. The van der Waals surface area contributed by atoms with Crippen LogP contribution in [0.2, 0.25) is 0 Å². The Bertz CT molecular complexity index is 930. The Labute approximate surface area is 171 Å². The number of nitrogens with one attached hydrogen (secondary N) is 1. The predicted octanol–water partition coefficient (Wildman–Crippen LogP) is 3.83. The number of carbonyl (C=O) groups excluding carboxylic acids is 1. The van der Waals surface area contributed by atoms with E-state index in [4.69, 9.17) is 4.74 Å². The van der Waals surface area contributed by atoms with Gasteiger partial charge in [0, 0.05) is 12.2 Å². The minimum Gasteiger partial charge on any atom is -0.495 e. The Morgan fingerprint density at radius 2 is 1.83 bits per heavy atom. The monoisotopic (exact) mass is 422 g/mol. The minimum atomic E-state index is -4.11. The van der Waals surface area contributed by atoms with E-state index in [2.05, 4.69) is 12.2 Å². The number of halogens is 1. The van der Waals surface area contributed by atoms with Crippen molar-refractivity contribution < 1.29 is 22.3 Å². The third-order valence-electron chi connectivity index (χ3n) is 4.47. The SMILES string of the molecule is CCCCc1ccc(NC(=O)CN(CC)S(=O)(=O)c2cc(F)ccc2OC)cc1. The summed E-state index contributed by atoms with van der Waals surface area (Å²) < 4.78 is 45.5. The molecule has 0 aliphatic rings. The van der Waals surface area contributed by atoms with Gasteiger partial charge in [-0.3, -0.25) is 4.79 Å². The van der Waals surface area contributed by atoms with Gasteiger partial charge in [0.1, 0.15) is 16.5 Å². The van der Waals surface area contributed by atoms with Gasteiger partial charge in [0.2, 0.25) is 15.9 Å². The number of anilines is 1. The highest BCUT2D eigenvalue weighted by atomic mass is 32.2. The fraction of sp³-hybridized carbons (Fsp3) is 0.381. The van der Waals surface area contributed by atoms with Crippen molar-refractivity contribution in [1.82, 2.24) is 4.31 Å². The average molecular weight is 423 g/mol. The van der Waals surface area contributed by atoms with E-state index in [0.29, 0.717) is 5.69 Å². The molecule has 0 heterocycles. The maximum Gasteiger partial charge on any atom is 0.247 e. The van der Waals surface area contributed by atoms with E-state index >= 15 is 0 Å². The first-order chi connectivity index (χ1) is 13.8. The van der Waals surface area contributed by atoms with E-state index in [9.17, 15) is 17.6 Å². The summed E-state index contributed by atoms with van der Waals surface area (Å²) in [7, 11) is -2.81. The maximum atomic E-state index is 13.6. The number of sulfonamides is 1. The van der Waals surface area contributed by atoms with Crippen molar-refractivity contribution in [1.29, 1.82) is 0 Å². The average Bonchev–Trinajstić information content (AvgIpc) is 2.71. The van der Waals surface area contributed by atoms with Crippen LogP contribution < -0.4 is 10.1 Å². The number of hydrogen-bond acceptors (Lipinski definition) is 4. The van der Waals surface area contributed by atoms with Gasteiger partial charge in [0.05, 0.1) is 13.7 Å². The summed E-state index contributed by atoms with van der Waals surface area (Å²) in [5.74, 6) is -1.16. The largest absolute Gasteiger partial charge is 0.495 e. The molecular weight excluding hydrogens is 395 g/mol. The van der Waals surface area contributed by atoms with E-state index in [1.165, 1.54) is 18.7 Å². The second-order valence-corrected chi connectivity index (χ2v) is 8.48. The molecule has 0 aliphatic carbocycles. The molecule has 0 aromatic heterocycles. The van der Waals surface area contributed by atoms with Crippen LogP contribution in [0.5, 0.6) is 5.75 Å². The molecule has 158 valence electrons. The van der Waals surface area contributed by atoms with Crippen LogP contribution in [0.3, 0.4) is 0 Å². The molecule has 0 bridgehead atoms. The summed E-state index contributed by atoms with van der Waals surface area (Å²) >= 11 is 0. The van der Waals surface area contributed by atoms with Gasteiger partial charge in [-0.25, -0.2) is 12.8 Å². The molecule has 0 unspecified atom stereocenters. The van der Waals surface area contributed by atoms with Crippen LogP contribution >= 0.6 is 0 Å². The van der Waals surface area contributed by atoms with Crippen molar-refractivity contribution in [2.75, 3.05) is 25.5 Å². The number of nitrogens with zero attached hydrogens (tertiary/aromatic N) is 1. The van der Waals surface area contributed by atoms with Crippen molar-refractivity contribution in [2.24, 2.45) is 0 Å². The third-order valence-corrected chi connectivity index (χ3v) is 6.41. The number of likely N-dealkylation sites (N-methyl/N-ethyl adjacent to an activating group) is 1. The Morgan fingerprint density at radius 3 is 2.41 bits per heavy atom. The molecular formula is C21H27FN2O4S. The summed E-state index contributed by atoms with van der Waals surface area (Å²) in [6.07, 6.45) is 3.18. The molecule has 2 aromatic rings. The smallest absolute Gasteiger partial charge is 0.247 e. The lowest BCUT2D eigenvalue weighted by molar-refractivity contribution is -0.116. The minimum absolute atomic E-state index is 0.0212. The number of unbranched alkanes of at least 4 members (excludes halogenated alkanes) is 1. The van der Waals surface area contributed by atoms with Crippen LogP contribution in [0.4, 0.5) is 10.1 Å². The van der Waals surface area contributed by atoms with Gasteiger partial charge in [-0.15, -0.1) is 0 Å². The first kappa shape index (κ1) is 22.8. The molecule has 0 saturated carbocycles. The quantitative estimate of drug-likeness (QED) is 0.631. The second-order valence-electron chi connectivity index (χ2n) is 6.58. The highest BCUT2D eigenvalue weighted by Crippen LogP contribution is 2.27. The molecule has 8 heteroatoms. The van der Waals surface area contributed by atoms with Crippen molar-refractivity contribution in [3.63, 3.8) is 0 Å². The topological polar surface area (TPSA) is 75.7 Å². The van der Waals surface area contributed by atoms with E-state index in [-0.39, 0.29) is 17.2 Å². The zero-order chi connectivity index (χ0) is 21.4. The van der Waals surface area contributed by atoms with Gasteiger partial charge in [-0.05, 0) is 48.7 Å². The molecule has 6 nitrogen and oxygen atoms in total. The van der Waals surface area contributed by atoms with Crippen LogP contribution in [0.15, 0.2) is 47.4 Å². The van der Waals surface area contributed by atoms with E-state index in [0.717, 1.165) is 35.7 Å². The number of ether oxygens (including phenoxy) is 1. The second kappa shape index (κ2) is 10.4. The summed E-state index contributed by atoms with van der Waals surface area (Å²) in [6, 6.07) is 10.7. The summed E-state index contributed by atoms with van der Waals surface area (Å²) in [4.78, 5) is 12.1. The lowest BCUT2D eigenvalue weighted by atomic mass is 10.1. The molecule has 0 fully saturated rings. The van der Waals surface area contributed by atoms with Gasteiger partial charge < -0.3 is 10.1 Å². The van der Waals surface area contributed by atoms with Gasteiger partial charge in [0.25, 0.3) is 0 Å². The Balaban J connectivity index is 2.12. The molecule has 2 rings (SSSR count). The van der Waals surface area contributed by atoms with E-state index < -0.39 is 28.3 Å². The number of carbonyl (C=O) groups is 1.